The van der Waals surface area contributed by atoms with Crippen LogP contribution in [-0.4, -0.2) is 31.8 Å². The fourth-order valence-electron chi connectivity index (χ4n) is 3.10. The number of carbonyl (C=O) groups is 1. The molecule has 2 aromatic rings. The first-order valence-corrected chi connectivity index (χ1v) is 7.74. The molecule has 2 aliphatic heterocycles. The zero-order valence-corrected chi connectivity index (χ0v) is 13.5. The predicted octanol–water partition coefficient (Wildman–Crippen LogP) is 2.76. The Hall–Kier alpha value is -3.09. The van der Waals surface area contributed by atoms with Gasteiger partial charge in [0.15, 0.2) is 23.0 Å². The van der Waals surface area contributed by atoms with E-state index in [2.05, 4.69) is 0 Å². The van der Waals surface area contributed by atoms with E-state index in [0.29, 0.717) is 34.3 Å². The van der Waals surface area contributed by atoms with E-state index in [1.165, 1.54) is 0 Å². The molecule has 0 aliphatic carbocycles. The fourth-order valence-corrected chi connectivity index (χ4v) is 3.10. The summed E-state index contributed by atoms with van der Waals surface area (Å²) >= 11 is 0. The van der Waals surface area contributed by atoms with Crippen molar-refractivity contribution in [3.8, 4) is 28.7 Å². The number of fused-ring (bicyclic) bond motifs is 2. The summed E-state index contributed by atoms with van der Waals surface area (Å²) in [6, 6.07) is 8.93. The molecule has 0 bridgehead atoms. The number of hydrogen-bond acceptors (Lipinski definition) is 6. The van der Waals surface area contributed by atoms with Gasteiger partial charge in [-0.1, -0.05) is 6.07 Å². The lowest BCUT2D eigenvalue weighted by atomic mass is 9.87. The van der Waals surface area contributed by atoms with Crippen molar-refractivity contribution in [2.75, 3.05) is 20.7 Å². The number of carboxylic acid groups (broad SMARTS) is 1. The van der Waals surface area contributed by atoms with Gasteiger partial charge in [-0.15, -0.1) is 0 Å². The number of carboxylic acids is 1. The molecule has 130 valence electrons. The van der Waals surface area contributed by atoms with Crippen molar-refractivity contribution in [3.05, 3.63) is 41.5 Å². The van der Waals surface area contributed by atoms with Gasteiger partial charge in [0.05, 0.1) is 13.5 Å². The van der Waals surface area contributed by atoms with E-state index < -0.39 is 11.9 Å². The molecule has 1 N–H and O–H groups in total. The lowest BCUT2D eigenvalue weighted by molar-refractivity contribution is -0.137. The van der Waals surface area contributed by atoms with Gasteiger partial charge in [0.1, 0.15) is 5.75 Å². The largest absolute Gasteiger partial charge is 0.496 e. The average molecular weight is 344 g/mol. The molecule has 0 amide bonds. The molecular formula is C18H16O7. The molecular weight excluding hydrogens is 328 g/mol. The molecule has 2 aliphatic rings. The van der Waals surface area contributed by atoms with Crippen LogP contribution in [0.25, 0.3) is 0 Å². The molecule has 1 atom stereocenters. The highest BCUT2D eigenvalue weighted by molar-refractivity contribution is 5.70. The molecule has 0 radical (unpaired) electrons. The maximum absolute atomic E-state index is 11.5. The third kappa shape index (κ3) is 2.77. The van der Waals surface area contributed by atoms with Gasteiger partial charge in [-0.2, -0.15) is 0 Å². The SMILES string of the molecule is COc1cc2c(cc1[C@H](CC(=O)O)c1ccc3c(c1)OCO3)OCO2. The van der Waals surface area contributed by atoms with Gasteiger partial charge in [-0.05, 0) is 23.8 Å². The maximum Gasteiger partial charge on any atom is 0.304 e. The van der Waals surface area contributed by atoms with Crippen LogP contribution in [0.5, 0.6) is 28.7 Å². The van der Waals surface area contributed by atoms with Gasteiger partial charge in [0, 0.05) is 17.5 Å². The summed E-state index contributed by atoms with van der Waals surface area (Å²) in [5, 5.41) is 9.40. The van der Waals surface area contributed by atoms with Crippen LogP contribution in [0.1, 0.15) is 23.5 Å². The van der Waals surface area contributed by atoms with Crippen LogP contribution in [-0.2, 0) is 4.79 Å². The second-order valence-electron chi connectivity index (χ2n) is 5.71. The van der Waals surface area contributed by atoms with Gasteiger partial charge in [0.2, 0.25) is 13.6 Å². The summed E-state index contributed by atoms with van der Waals surface area (Å²) in [5.41, 5.74) is 1.51. The molecule has 2 heterocycles. The van der Waals surface area contributed by atoms with Gasteiger partial charge < -0.3 is 28.8 Å². The molecule has 0 unspecified atom stereocenters. The number of ether oxygens (including phenoxy) is 5. The van der Waals surface area contributed by atoms with Crippen molar-refractivity contribution in [2.24, 2.45) is 0 Å². The molecule has 25 heavy (non-hydrogen) atoms. The topological polar surface area (TPSA) is 83.5 Å². The van der Waals surface area contributed by atoms with Crippen LogP contribution < -0.4 is 23.7 Å². The van der Waals surface area contributed by atoms with E-state index in [1.807, 2.05) is 6.07 Å². The quantitative estimate of drug-likeness (QED) is 0.893. The highest BCUT2D eigenvalue weighted by atomic mass is 16.7. The molecule has 4 rings (SSSR count). The molecule has 7 nitrogen and oxygen atoms in total. The Bertz CT molecular complexity index is 830. The van der Waals surface area contributed by atoms with Gasteiger partial charge in [-0.25, -0.2) is 0 Å². The standard InChI is InChI=1S/C18H16O7/c1-21-14-7-17-16(24-9-25-17)5-12(14)11(6-18(19)20)10-2-3-13-15(4-10)23-8-22-13/h2-5,7,11H,6,8-9H2,1H3,(H,19,20)/t11-/m1/s1. The Morgan fingerprint density at radius 3 is 2.36 bits per heavy atom. The number of methoxy groups -OCH3 is 1. The van der Waals surface area contributed by atoms with E-state index in [0.717, 1.165) is 5.56 Å². The maximum atomic E-state index is 11.5. The predicted molar refractivity (Wildman–Crippen MR) is 85.8 cm³/mol. The lowest BCUT2D eigenvalue weighted by Gasteiger charge is -2.20. The Labute approximate surface area is 143 Å². The monoisotopic (exact) mass is 344 g/mol. The summed E-state index contributed by atoms with van der Waals surface area (Å²) in [5.74, 6) is 1.61. The molecule has 0 fully saturated rings. The Morgan fingerprint density at radius 2 is 1.68 bits per heavy atom. The number of benzene rings is 2. The van der Waals surface area contributed by atoms with Crippen LogP contribution in [0, 0.1) is 0 Å². The minimum atomic E-state index is -0.914. The van der Waals surface area contributed by atoms with Crippen molar-refractivity contribution < 1.29 is 33.6 Å². The van der Waals surface area contributed by atoms with Gasteiger partial charge in [0.25, 0.3) is 0 Å². The molecule has 0 saturated heterocycles. The number of hydrogen-bond donors (Lipinski definition) is 1. The fraction of sp³-hybridized carbons (Fsp3) is 0.278. The second-order valence-corrected chi connectivity index (χ2v) is 5.71. The smallest absolute Gasteiger partial charge is 0.304 e. The van der Waals surface area contributed by atoms with Crippen molar-refractivity contribution in [1.82, 2.24) is 0 Å². The van der Waals surface area contributed by atoms with Crippen LogP contribution in [0.4, 0.5) is 0 Å². The van der Waals surface area contributed by atoms with Crippen molar-refractivity contribution in [3.63, 3.8) is 0 Å². The van der Waals surface area contributed by atoms with Crippen LogP contribution >= 0.6 is 0 Å². The number of rotatable bonds is 5. The highest BCUT2D eigenvalue weighted by Crippen LogP contribution is 2.45. The molecule has 0 saturated carbocycles. The summed E-state index contributed by atoms with van der Waals surface area (Å²) in [7, 11) is 1.54. The van der Waals surface area contributed by atoms with E-state index >= 15 is 0 Å². The summed E-state index contributed by atoms with van der Waals surface area (Å²) in [4.78, 5) is 11.5. The minimum absolute atomic E-state index is 0.102. The Balaban J connectivity index is 1.81. The molecule has 7 heteroatoms. The first kappa shape index (κ1) is 15.4. The summed E-state index contributed by atoms with van der Waals surface area (Å²) < 4.78 is 27.0. The Morgan fingerprint density at radius 1 is 1.04 bits per heavy atom. The van der Waals surface area contributed by atoms with Crippen LogP contribution in [0.15, 0.2) is 30.3 Å². The average Bonchev–Trinajstić information content (AvgIpc) is 3.25. The van der Waals surface area contributed by atoms with Crippen molar-refractivity contribution in [1.29, 1.82) is 0 Å². The molecule has 0 aromatic heterocycles. The minimum Gasteiger partial charge on any atom is -0.496 e. The number of aliphatic carboxylic acids is 1. The van der Waals surface area contributed by atoms with Crippen molar-refractivity contribution in [2.45, 2.75) is 12.3 Å². The van der Waals surface area contributed by atoms with Gasteiger partial charge >= 0.3 is 5.97 Å². The second kappa shape index (κ2) is 6.08. The highest BCUT2D eigenvalue weighted by Gasteiger charge is 2.27. The van der Waals surface area contributed by atoms with Gasteiger partial charge in [-0.3, -0.25) is 4.79 Å². The first-order chi connectivity index (χ1) is 12.2. The van der Waals surface area contributed by atoms with E-state index in [9.17, 15) is 9.90 Å². The normalized spacial score (nSPS) is 15.1. The van der Waals surface area contributed by atoms with E-state index in [1.54, 1.807) is 31.4 Å². The third-order valence-electron chi connectivity index (χ3n) is 4.28. The van der Waals surface area contributed by atoms with E-state index in [-0.39, 0.29) is 20.0 Å². The molecule has 2 aromatic carbocycles. The zero-order valence-electron chi connectivity index (χ0n) is 13.5. The first-order valence-electron chi connectivity index (χ1n) is 7.74. The summed E-state index contributed by atoms with van der Waals surface area (Å²) in [6.45, 7) is 0.297. The van der Waals surface area contributed by atoms with Crippen molar-refractivity contribution >= 4 is 5.97 Å². The molecule has 0 spiro atoms. The summed E-state index contributed by atoms with van der Waals surface area (Å²) in [6.07, 6.45) is -0.102. The van der Waals surface area contributed by atoms with Crippen LogP contribution in [0.2, 0.25) is 0 Å². The third-order valence-corrected chi connectivity index (χ3v) is 4.28. The Kier molecular flexibility index (Phi) is 3.76. The van der Waals surface area contributed by atoms with E-state index in [4.69, 9.17) is 23.7 Å². The zero-order chi connectivity index (χ0) is 17.4. The lowest BCUT2D eigenvalue weighted by Crippen LogP contribution is -2.09. The van der Waals surface area contributed by atoms with Crippen LogP contribution in [0.3, 0.4) is 0 Å².